The lowest BCUT2D eigenvalue weighted by Gasteiger charge is -2.13. The minimum atomic E-state index is -0.911. The van der Waals surface area contributed by atoms with Crippen molar-refractivity contribution in [2.75, 3.05) is 26.7 Å². The molecule has 1 fully saturated rings. The van der Waals surface area contributed by atoms with E-state index in [4.69, 9.17) is 10.2 Å². The van der Waals surface area contributed by atoms with E-state index in [0.717, 1.165) is 0 Å². The molecule has 1 aliphatic rings. The average Bonchev–Trinajstić information content (AvgIpc) is 2.46. The third-order valence-corrected chi connectivity index (χ3v) is 2.32. The van der Waals surface area contributed by atoms with Crippen LogP contribution in [0.2, 0.25) is 0 Å². The van der Waals surface area contributed by atoms with E-state index >= 15 is 0 Å². The van der Waals surface area contributed by atoms with Crippen LogP contribution in [0.1, 0.15) is 0 Å². The maximum atomic E-state index is 10.5. The summed E-state index contributed by atoms with van der Waals surface area (Å²) in [7, 11) is 1.78. The van der Waals surface area contributed by atoms with Gasteiger partial charge in [0.15, 0.2) is 0 Å². The summed E-state index contributed by atoms with van der Waals surface area (Å²) >= 11 is 0. The third kappa shape index (κ3) is 1.67. The number of aliphatic hydroxyl groups is 1. The van der Waals surface area contributed by atoms with Gasteiger partial charge in [0, 0.05) is 31.7 Å². The van der Waals surface area contributed by atoms with Crippen LogP contribution >= 0.6 is 0 Å². The van der Waals surface area contributed by atoms with E-state index in [1.165, 1.54) is 4.90 Å². The van der Waals surface area contributed by atoms with Gasteiger partial charge < -0.3 is 20.4 Å². The van der Waals surface area contributed by atoms with Gasteiger partial charge in [0.25, 0.3) is 0 Å². The van der Waals surface area contributed by atoms with Crippen molar-refractivity contribution in [3.63, 3.8) is 0 Å². The molecule has 0 aromatic rings. The number of carbonyl (C=O) groups is 1. The van der Waals surface area contributed by atoms with Gasteiger partial charge in [0.2, 0.25) is 0 Å². The number of likely N-dealkylation sites (tertiary alicyclic amines) is 1. The molecule has 2 unspecified atom stereocenters. The number of nitrogens with one attached hydrogen (secondary N) is 1. The molecule has 1 amide bonds. The highest BCUT2D eigenvalue weighted by atomic mass is 16.4. The van der Waals surface area contributed by atoms with Crippen LogP contribution in [0.5, 0.6) is 0 Å². The molecule has 1 aliphatic heterocycles. The zero-order chi connectivity index (χ0) is 9.14. The monoisotopic (exact) mass is 174 g/mol. The predicted molar refractivity (Wildman–Crippen MR) is 43.0 cm³/mol. The van der Waals surface area contributed by atoms with Crippen molar-refractivity contribution in [1.29, 1.82) is 0 Å². The molecule has 1 saturated heterocycles. The van der Waals surface area contributed by atoms with Gasteiger partial charge in [-0.15, -0.1) is 0 Å². The maximum Gasteiger partial charge on any atom is 0.407 e. The summed E-state index contributed by atoms with van der Waals surface area (Å²) in [5.41, 5.74) is 0. The molecule has 0 aromatic heterocycles. The predicted octanol–water partition coefficient (Wildman–Crippen LogP) is -0.823. The topological polar surface area (TPSA) is 72.8 Å². The fourth-order valence-corrected chi connectivity index (χ4v) is 1.54. The van der Waals surface area contributed by atoms with Crippen molar-refractivity contribution < 1.29 is 15.0 Å². The average molecular weight is 174 g/mol. The molecule has 5 heteroatoms. The first-order chi connectivity index (χ1) is 5.69. The Balaban J connectivity index is 2.53. The molecule has 1 rings (SSSR count). The molecular formula is C7H14N2O3. The lowest BCUT2D eigenvalue weighted by atomic mass is 10.1. The number of aliphatic hydroxyl groups excluding tert-OH is 1. The van der Waals surface area contributed by atoms with E-state index in [9.17, 15) is 4.79 Å². The SMILES string of the molecule is CNC1CN(C(=O)O)CC1CO. The molecule has 2 atom stereocenters. The number of rotatable bonds is 2. The lowest BCUT2D eigenvalue weighted by molar-refractivity contribution is 0.150. The second kappa shape index (κ2) is 3.73. The normalized spacial score (nSPS) is 29.3. The van der Waals surface area contributed by atoms with E-state index < -0.39 is 6.09 Å². The van der Waals surface area contributed by atoms with Crippen LogP contribution in [0.3, 0.4) is 0 Å². The quantitative estimate of drug-likeness (QED) is 0.511. The highest BCUT2D eigenvalue weighted by molar-refractivity contribution is 5.65. The lowest BCUT2D eigenvalue weighted by Crippen LogP contribution is -2.35. The smallest absolute Gasteiger partial charge is 0.407 e. The van der Waals surface area contributed by atoms with Crippen LogP contribution in [0, 0.1) is 5.92 Å². The minimum Gasteiger partial charge on any atom is -0.465 e. The van der Waals surface area contributed by atoms with E-state index in [1.807, 2.05) is 0 Å². The Morgan fingerprint density at radius 3 is 2.67 bits per heavy atom. The van der Waals surface area contributed by atoms with Crippen LogP contribution in [0.4, 0.5) is 4.79 Å². The van der Waals surface area contributed by atoms with Crippen LogP contribution in [0.25, 0.3) is 0 Å². The van der Waals surface area contributed by atoms with Crippen LogP contribution in [-0.4, -0.2) is 54.0 Å². The molecule has 0 aromatic carbocycles. The van der Waals surface area contributed by atoms with Gasteiger partial charge in [-0.3, -0.25) is 0 Å². The van der Waals surface area contributed by atoms with Gasteiger partial charge in [-0.25, -0.2) is 4.79 Å². The van der Waals surface area contributed by atoms with Gasteiger partial charge in [0.05, 0.1) is 0 Å². The molecule has 0 aliphatic carbocycles. The number of hydrogen-bond acceptors (Lipinski definition) is 3. The third-order valence-electron chi connectivity index (χ3n) is 2.32. The largest absolute Gasteiger partial charge is 0.465 e. The molecule has 0 radical (unpaired) electrons. The summed E-state index contributed by atoms with van der Waals surface area (Å²) < 4.78 is 0. The number of carboxylic acid groups (broad SMARTS) is 1. The van der Waals surface area contributed by atoms with Crippen LogP contribution in [-0.2, 0) is 0 Å². The summed E-state index contributed by atoms with van der Waals surface area (Å²) in [6.07, 6.45) is -0.911. The van der Waals surface area contributed by atoms with Gasteiger partial charge in [-0.05, 0) is 7.05 Å². The standard InChI is InChI=1S/C7H14N2O3/c1-8-6-3-9(7(11)12)2-5(6)4-10/h5-6,8,10H,2-4H2,1H3,(H,11,12). The molecule has 12 heavy (non-hydrogen) atoms. The van der Waals surface area contributed by atoms with E-state index in [-0.39, 0.29) is 18.6 Å². The fraction of sp³-hybridized carbons (Fsp3) is 0.857. The first-order valence-corrected chi connectivity index (χ1v) is 3.95. The Morgan fingerprint density at radius 2 is 2.33 bits per heavy atom. The molecule has 1 heterocycles. The first kappa shape index (κ1) is 9.28. The van der Waals surface area contributed by atoms with Crippen molar-refractivity contribution >= 4 is 6.09 Å². The van der Waals surface area contributed by atoms with Crippen molar-refractivity contribution in [3.05, 3.63) is 0 Å². The van der Waals surface area contributed by atoms with E-state index in [2.05, 4.69) is 5.32 Å². The Hall–Kier alpha value is -0.810. The molecular weight excluding hydrogens is 160 g/mol. The summed E-state index contributed by atoms with van der Waals surface area (Å²) in [5, 5.41) is 20.5. The second-order valence-corrected chi connectivity index (χ2v) is 3.03. The van der Waals surface area contributed by atoms with Crippen molar-refractivity contribution in [1.82, 2.24) is 10.2 Å². The van der Waals surface area contributed by atoms with Gasteiger partial charge in [-0.1, -0.05) is 0 Å². The number of hydrogen-bond donors (Lipinski definition) is 3. The molecule has 0 bridgehead atoms. The van der Waals surface area contributed by atoms with Gasteiger partial charge in [0.1, 0.15) is 0 Å². The Morgan fingerprint density at radius 1 is 1.67 bits per heavy atom. The second-order valence-electron chi connectivity index (χ2n) is 3.03. The molecule has 3 N–H and O–H groups in total. The van der Waals surface area contributed by atoms with Gasteiger partial charge in [-0.2, -0.15) is 0 Å². The molecule has 0 saturated carbocycles. The molecule has 5 nitrogen and oxygen atoms in total. The Bertz CT molecular complexity index is 162. The summed E-state index contributed by atoms with van der Waals surface area (Å²) in [5.74, 6) is 0.0334. The highest BCUT2D eigenvalue weighted by Crippen LogP contribution is 2.15. The van der Waals surface area contributed by atoms with Crippen molar-refractivity contribution in [3.8, 4) is 0 Å². The number of amides is 1. The van der Waals surface area contributed by atoms with Gasteiger partial charge >= 0.3 is 6.09 Å². The zero-order valence-corrected chi connectivity index (χ0v) is 7.03. The van der Waals surface area contributed by atoms with Crippen molar-refractivity contribution in [2.24, 2.45) is 5.92 Å². The minimum absolute atomic E-state index is 0.0334. The maximum absolute atomic E-state index is 10.5. The highest BCUT2D eigenvalue weighted by Gasteiger charge is 2.33. The Kier molecular flexibility index (Phi) is 2.88. The molecule has 70 valence electrons. The molecule has 0 spiro atoms. The van der Waals surface area contributed by atoms with E-state index in [1.54, 1.807) is 7.05 Å². The summed E-state index contributed by atoms with van der Waals surface area (Å²) in [4.78, 5) is 11.9. The summed E-state index contributed by atoms with van der Waals surface area (Å²) in [6, 6.07) is 0.0890. The zero-order valence-electron chi connectivity index (χ0n) is 7.03. The Labute approximate surface area is 71.0 Å². The number of likely N-dealkylation sites (N-methyl/N-ethyl adjacent to an activating group) is 1. The van der Waals surface area contributed by atoms with Crippen LogP contribution < -0.4 is 5.32 Å². The van der Waals surface area contributed by atoms with Crippen molar-refractivity contribution in [2.45, 2.75) is 6.04 Å². The number of nitrogens with zero attached hydrogens (tertiary/aromatic N) is 1. The fourth-order valence-electron chi connectivity index (χ4n) is 1.54. The summed E-state index contributed by atoms with van der Waals surface area (Å²) in [6.45, 7) is 0.934. The first-order valence-electron chi connectivity index (χ1n) is 3.95. The van der Waals surface area contributed by atoms with E-state index in [0.29, 0.717) is 13.1 Å². The van der Waals surface area contributed by atoms with Crippen LogP contribution in [0.15, 0.2) is 0 Å².